The van der Waals surface area contributed by atoms with E-state index in [1.54, 1.807) is 18.6 Å². The van der Waals surface area contributed by atoms with Crippen LogP contribution in [0.3, 0.4) is 0 Å². The van der Waals surface area contributed by atoms with Crippen LogP contribution in [-0.4, -0.2) is 41.3 Å². The standard InChI is InChI=1S/C13H15N5O/c1-4-14-5-2-11(1)16-12-3-6-15-13(17-12)18-7-9-19-10-8-18/h1-6H,7-10H2,(H,14,15,16,17). The summed E-state index contributed by atoms with van der Waals surface area (Å²) in [6, 6.07) is 5.65. The Kier molecular flexibility index (Phi) is 3.51. The van der Waals surface area contributed by atoms with Gasteiger partial charge in [-0.05, 0) is 18.2 Å². The van der Waals surface area contributed by atoms with E-state index in [4.69, 9.17) is 4.74 Å². The highest BCUT2D eigenvalue weighted by Gasteiger charge is 2.13. The topological polar surface area (TPSA) is 63.2 Å². The molecule has 0 amide bonds. The van der Waals surface area contributed by atoms with E-state index in [1.165, 1.54) is 0 Å². The van der Waals surface area contributed by atoms with Gasteiger partial charge in [0.1, 0.15) is 5.82 Å². The Hall–Kier alpha value is -2.21. The van der Waals surface area contributed by atoms with Gasteiger partial charge in [0.2, 0.25) is 5.95 Å². The van der Waals surface area contributed by atoms with Crippen LogP contribution < -0.4 is 10.2 Å². The Morgan fingerprint density at radius 1 is 1.05 bits per heavy atom. The van der Waals surface area contributed by atoms with Crippen molar-refractivity contribution in [1.29, 1.82) is 0 Å². The van der Waals surface area contributed by atoms with Crippen molar-refractivity contribution >= 4 is 17.5 Å². The molecular formula is C13H15N5O. The molecule has 6 nitrogen and oxygen atoms in total. The van der Waals surface area contributed by atoms with E-state index in [1.807, 2.05) is 18.2 Å². The lowest BCUT2D eigenvalue weighted by molar-refractivity contribution is 0.122. The molecule has 0 radical (unpaired) electrons. The molecule has 2 aromatic heterocycles. The lowest BCUT2D eigenvalue weighted by Gasteiger charge is -2.26. The molecule has 0 unspecified atom stereocenters. The first-order chi connectivity index (χ1) is 9.42. The normalized spacial score (nSPS) is 15.3. The van der Waals surface area contributed by atoms with Crippen LogP contribution in [0.15, 0.2) is 36.8 Å². The number of nitrogens with zero attached hydrogens (tertiary/aromatic N) is 4. The zero-order chi connectivity index (χ0) is 12.9. The number of anilines is 3. The number of morpholine rings is 1. The third kappa shape index (κ3) is 2.97. The molecule has 98 valence electrons. The summed E-state index contributed by atoms with van der Waals surface area (Å²) in [4.78, 5) is 14.9. The molecule has 0 spiro atoms. The number of rotatable bonds is 3. The van der Waals surface area contributed by atoms with Gasteiger partial charge in [0.25, 0.3) is 0 Å². The SMILES string of the molecule is c1cc(Nc2ccnc(N3CCOCC3)n2)ccn1. The van der Waals surface area contributed by atoms with Gasteiger partial charge in [0.05, 0.1) is 13.2 Å². The Morgan fingerprint density at radius 2 is 1.84 bits per heavy atom. The lowest BCUT2D eigenvalue weighted by atomic mass is 10.4. The molecule has 2 aromatic rings. The van der Waals surface area contributed by atoms with Gasteiger partial charge in [0.15, 0.2) is 0 Å². The van der Waals surface area contributed by atoms with Gasteiger partial charge in [-0.15, -0.1) is 0 Å². The highest BCUT2D eigenvalue weighted by molar-refractivity contribution is 5.56. The maximum absolute atomic E-state index is 5.33. The second-order valence-corrected chi connectivity index (χ2v) is 4.20. The quantitative estimate of drug-likeness (QED) is 0.898. The second-order valence-electron chi connectivity index (χ2n) is 4.20. The van der Waals surface area contributed by atoms with Crippen molar-refractivity contribution in [3.8, 4) is 0 Å². The highest BCUT2D eigenvalue weighted by atomic mass is 16.5. The van der Waals surface area contributed by atoms with E-state index in [-0.39, 0.29) is 0 Å². The van der Waals surface area contributed by atoms with Crippen LogP contribution in [0.1, 0.15) is 0 Å². The van der Waals surface area contributed by atoms with Crippen molar-refractivity contribution in [3.63, 3.8) is 0 Å². The zero-order valence-corrected chi connectivity index (χ0v) is 10.5. The minimum atomic E-state index is 0.728. The van der Waals surface area contributed by atoms with Gasteiger partial charge in [-0.3, -0.25) is 4.98 Å². The molecule has 6 heteroatoms. The van der Waals surface area contributed by atoms with E-state index in [9.17, 15) is 0 Å². The largest absolute Gasteiger partial charge is 0.378 e. The second kappa shape index (κ2) is 5.62. The van der Waals surface area contributed by atoms with Gasteiger partial charge in [-0.1, -0.05) is 0 Å². The number of nitrogens with one attached hydrogen (secondary N) is 1. The molecule has 0 aliphatic carbocycles. The Labute approximate surface area is 111 Å². The van der Waals surface area contributed by atoms with Crippen LogP contribution >= 0.6 is 0 Å². The van der Waals surface area contributed by atoms with Crippen LogP contribution in [0.25, 0.3) is 0 Å². The van der Waals surface area contributed by atoms with E-state index in [2.05, 4.69) is 25.2 Å². The van der Waals surface area contributed by atoms with Crippen molar-refractivity contribution in [2.45, 2.75) is 0 Å². The van der Waals surface area contributed by atoms with E-state index in [0.29, 0.717) is 0 Å². The summed E-state index contributed by atoms with van der Waals surface area (Å²) >= 11 is 0. The van der Waals surface area contributed by atoms with Gasteiger partial charge < -0.3 is 15.0 Å². The third-order valence-corrected chi connectivity index (χ3v) is 2.89. The van der Waals surface area contributed by atoms with Crippen LogP contribution in [0, 0.1) is 0 Å². The number of pyridine rings is 1. The van der Waals surface area contributed by atoms with Crippen molar-refractivity contribution < 1.29 is 4.74 Å². The first-order valence-electron chi connectivity index (χ1n) is 6.24. The molecule has 3 rings (SSSR count). The summed E-state index contributed by atoms with van der Waals surface area (Å²) in [7, 11) is 0. The average Bonchev–Trinajstić information content (AvgIpc) is 2.49. The number of hydrogen-bond acceptors (Lipinski definition) is 6. The molecule has 1 aliphatic heterocycles. The average molecular weight is 257 g/mol. The van der Waals surface area contributed by atoms with Crippen molar-refractivity contribution in [3.05, 3.63) is 36.8 Å². The molecule has 1 saturated heterocycles. The number of ether oxygens (including phenoxy) is 1. The summed E-state index contributed by atoms with van der Waals surface area (Å²) < 4.78 is 5.33. The van der Waals surface area contributed by atoms with Gasteiger partial charge in [-0.25, -0.2) is 4.98 Å². The summed E-state index contributed by atoms with van der Waals surface area (Å²) in [5, 5.41) is 3.23. The number of hydrogen-bond donors (Lipinski definition) is 1. The molecule has 0 saturated carbocycles. The van der Waals surface area contributed by atoms with Crippen LogP contribution in [0.4, 0.5) is 17.5 Å². The third-order valence-electron chi connectivity index (χ3n) is 2.89. The molecule has 19 heavy (non-hydrogen) atoms. The molecule has 1 aliphatic rings. The molecular weight excluding hydrogens is 242 g/mol. The van der Waals surface area contributed by atoms with Crippen LogP contribution in [0.2, 0.25) is 0 Å². The maximum Gasteiger partial charge on any atom is 0.227 e. The van der Waals surface area contributed by atoms with Crippen LogP contribution in [0.5, 0.6) is 0 Å². The Morgan fingerprint density at radius 3 is 2.63 bits per heavy atom. The fourth-order valence-corrected chi connectivity index (χ4v) is 1.92. The summed E-state index contributed by atoms with van der Waals surface area (Å²) in [6.45, 7) is 3.12. The molecule has 0 atom stereocenters. The van der Waals surface area contributed by atoms with E-state index < -0.39 is 0 Å². The highest BCUT2D eigenvalue weighted by Crippen LogP contribution is 2.16. The predicted octanol–water partition coefficient (Wildman–Crippen LogP) is 1.45. The molecule has 1 fully saturated rings. The number of aromatic nitrogens is 3. The fraction of sp³-hybridized carbons (Fsp3) is 0.308. The smallest absolute Gasteiger partial charge is 0.227 e. The summed E-state index contributed by atoms with van der Waals surface area (Å²) in [6.07, 6.45) is 5.25. The molecule has 0 bridgehead atoms. The monoisotopic (exact) mass is 257 g/mol. The first kappa shape index (κ1) is 11.9. The van der Waals surface area contributed by atoms with Crippen molar-refractivity contribution in [2.24, 2.45) is 0 Å². The van der Waals surface area contributed by atoms with Crippen LogP contribution in [-0.2, 0) is 4.74 Å². The van der Waals surface area contributed by atoms with Gasteiger partial charge in [0, 0.05) is 37.4 Å². The lowest BCUT2D eigenvalue weighted by Crippen LogP contribution is -2.37. The Balaban J connectivity index is 1.76. The van der Waals surface area contributed by atoms with Gasteiger partial charge >= 0.3 is 0 Å². The minimum Gasteiger partial charge on any atom is -0.378 e. The predicted molar refractivity (Wildman–Crippen MR) is 72.6 cm³/mol. The zero-order valence-electron chi connectivity index (χ0n) is 10.5. The van der Waals surface area contributed by atoms with E-state index in [0.717, 1.165) is 43.8 Å². The van der Waals surface area contributed by atoms with E-state index >= 15 is 0 Å². The van der Waals surface area contributed by atoms with Gasteiger partial charge in [-0.2, -0.15) is 4.98 Å². The maximum atomic E-state index is 5.33. The van der Waals surface area contributed by atoms with Crippen molar-refractivity contribution in [1.82, 2.24) is 15.0 Å². The van der Waals surface area contributed by atoms with Crippen molar-refractivity contribution in [2.75, 3.05) is 36.5 Å². The Bertz CT molecular complexity index is 528. The minimum absolute atomic E-state index is 0.728. The molecule has 3 heterocycles. The molecule has 0 aromatic carbocycles. The first-order valence-corrected chi connectivity index (χ1v) is 6.24. The molecule has 1 N–H and O–H groups in total. The summed E-state index contributed by atoms with van der Waals surface area (Å²) in [5.74, 6) is 1.52. The summed E-state index contributed by atoms with van der Waals surface area (Å²) in [5.41, 5.74) is 0.960. The fourth-order valence-electron chi connectivity index (χ4n) is 1.92.